The average molecular weight is 352 g/mol. The number of halogens is 2. The maximum Gasteiger partial charge on any atom is 0.241 e. The van der Waals surface area contributed by atoms with E-state index in [-0.39, 0.29) is 36.8 Å². The van der Waals surface area contributed by atoms with Crippen LogP contribution >= 0.6 is 24.8 Å². The van der Waals surface area contributed by atoms with Crippen LogP contribution in [0.1, 0.15) is 24.4 Å². The van der Waals surface area contributed by atoms with Crippen molar-refractivity contribution in [1.82, 2.24) is 25.3 Å². The van der Waals surface area contributed by atoms with Crippen LogP contribution in [0.5, 0.6) is 0 Å². The van der Waals surface area contributed by atoms with Crippen LogP contribution in [0.4, 0.5) is 0 Å². The second-order valence-corrected chi connectivity index (χ2v) is 5.66. The number of hydrogen-bond acceptors (Lipinski definition) is 4. The van der Waals surface area contributed by atoms with Crippen LogP contribution in [0, 0.1) is 5.92 Å². The Bertz CT molecular complexity index is 446. The van der Waals surface area contributed by atoms with Crippen LogP contribution in [-0.2, 0) is 11.8 Å². The molecule has 0 aromatic carbocycles. The largest absolute Gasteiger partial charge is 0.354 e. The minimum absolute atomic E-state index is 0. The minimum atomic E-state index is -0.324. The molecule has 1 amide bonds. The molecule has 0 bridgehead atoms. The fourth-order valence-electron chi connectivity index (χ4n) is 2.65. The SMILES string of the molecule is CNC(C(=O)NCC1CCN(C)CC1)c1cnn(C)c1.Cl.Cl. The average Bonchev–Trinajstić information content (AvgIpc) is 2.85. The standard InChI is InChI=1S/C14H25N5O.2ClH/c1-15-13(12-9-17-19(3)10-12)14(20)16-8-11-4-6-18(2)7-5-11;;/h9-11,13,15H,4-8H2,1-3H3,(H,16,20);2*1H. The third-order valence-corrected chi connectivity index (χ3v) is 4.01. The second kappa shape index (κ2) is 10.0. The molecule has 8 heteroatoms. The van der Waals surface area contributed by atoms with Crippen molar-refractivity contribution in [1.29, 1.82) is 0 Å². The zero-order chi connectivity index (χ0) is 14.5. The number of carbonyl (C=O) groups excluding carboxylic acids is 1. The Morgan fingerprint density at radius 1 is 1.36 bits per heavy atom. The molecular weight excluding hydrogens is 325 g/mol. The van der Waals surface area contributed by atoms with Crippen LogP contribution in [-0.4, -0.2) is 54.3 Å². The molecule has 0 spiro atoms. The van der Waals surface area contributed by atoms with E-state index in [4.69, 9.17) is 0 Å². The number of amides is 1. The quantitative estimate of drug-likeness (QED) is 0.830. The molecule has 1 unspecified atom stereocenters. The Kier molecular flexibility index (Phi) is 9.67. The molecule has 2 N–H and O–H groups in total. The molecular formula is C14H27Cl2N5O. The molecule has 1 aromatic heterocycles. The molecule has 0 aliphatic carbocycles. The molecule has 2 rings (SSSR count). The smallest absolute Gasteiger partial charge is 0.241 e. The highest BCUT2D eigenvalue weighted by atomic mass is 35.5. The number of nitrogens with one attached hydrogen (secondary N) is 2. The van der Waals surface area contributed by atoms with E-state index in [9.17, 15) is 4.79 Å². The van der Waals surface area contributed by atoms with Gasteiger partial charge in [0, 0.05) is 25.4 Å². The first kappa shape index (κ1) is 21.2. The van der Waals surface area contributed by atoms with Gasteiger partial charge in [0.2, 0.25) is 5.91 Å². The number of likely N-dealkylation sites (tertiary alicyclic amines) is 1. The summed E-state index contributed by atoms with van der Waals surface area (Å²) in [5.74, 6) is 0.626. The lowest BCUT2D eigenvalue weighted by atomic mass is 9.97. The highest BCUT2D eigenvalue weighted by molar-refractivity contribution is 5.85. The lowest BCUT2D eigenvalue weighted by Crippen LogP contribution is -2.41. The van der Waals surface area contributed by atoms with Gasteiger partial charge in [0.25, 0.3) is 0 Å². The van der Waals surface area contributed by atoms with Gasteiger partial charge in [-0.3, -0.25) is 9.48 Å². The van der Waals surface area contributed by atoms with Crippen molar-refractivity contribution >= 4 is 30.7 Å². The van der Waals surface area contributed by atoms with Crippen molar-refractivity contribution in [3.63, 3.8) is 0 Å². The molecule has 128 valence electrons. The number of piperidine rings is 1. The first-order chi connectivity index (χ1) is 9.60. The number of aromatic nitrogens is 2. The van der Waals surface area contributed by atoms with Crippen LogP contribution < -0.4 is 10.6 Å². The zero-order valence-electron chi connectivity index (χ0n) is 13.4. The van der Waals surface area contributed by atoms with E-state index >= 15 is 0 Å². The number of rotatable bonds is 5. The first-order valence-corrected chi connectivity index (χ1v) is 7.22. The summed E-state index contributed by atoms with van der Waals surface area (Å²) in [6.07, 6.45) is 5.93. The van der Waals surface area contributed by atoms with Crippen LogP contribution in [0.15, 0.2) is 12.4 Å². The van der Waals surface area contributed by atoms with Crippen molar-refractivity contribution < 1.29 is 4.79 Å². The molecule has 1 aliphatic heterocycles. The van der Waals surface area contributed by atoms with Crippen molar-refractivity contribution in [3.8, 4) is 0 Å². The minimum Gasteiger partial charge on any atom is -0.354 e. The second-order valence-electron chi connectivity index (χ2n) is 5.66. The highest BCUT2D eigenvalue weighted by Gasteiger charge is 2.22. The summed E-state index contributed by atoms with van der Waals surface area (Å²) in [4.78, 5) is 14.6. The number of carbonyl (C=O) groups is 1. The van der Waals surface area contributed by atoms with E-state index in [2.05, 4.69) is 27.7 Å². The van der Waals surface area contributed by atoms with Gasteiger partial charge in [-0.05, 0) is 45.9 Å². The molecule has 1 saturated heterocycles. The van der Waals surface area contributed by atoms with Gasteiger partial charge in [0.15, 0.2) is 0 Å². The summed E-state index contributed by atoms with van der Waals surface area (Å²) >= 11 is 0. The maximum atomic E-state index is 12.3. The lowest BCUT2D eigenvalue weighted by molar-refractivity contribution is -0.123. The third-order valence-electron chi connectivity index (χ3n) is 4.01. The monoisotopic (exact) mass is 351 g/mol. The fraction of sp³-hybridized carbons (Fsp3) is 0.714. The predicted octanol–water partition coefficient (Wildman–Crippen LogP) is 0.982. The molecule has 1 aliphatic rings. The van der Waals surface area contributed by atoms with E-state index in [0.717, 1.165) is 38.0 Å². The Labute approximate surface area is 144 Å². The van der Waals surface area contributed by atoms with Gasteiger partial charge < -0.3 is 15.5 Å². The topological polar surface area (TPSA) is 62.2 Å². The molecule has 1 aromatic rings. The van der Waals surface area contributed by atoms with Gasteiger partial charge in [-0.25, -0.2) is 0 Å². The van der Waals surface area contributed by atoms with Gasteiger partial charge in [0.05, 0.1) is 6.20 Å². The molecule has 0 radical (unpaired) electrons. The van der Waals surface area contributed by atoms with E-state index in [1.54, 1.807) is 17.9 Å². The summed E-state index contributed by atoms with van der Waals surface area (Å²) in [6, 6.07) is -0.324. The number of hydrogen-bond donors (Lipinski definition) is 2. The number of nitrogens with zero attached hydrogens (tertiary/aromatic N) is 3. The van der Waals surface area contributed by atoms with Gasteiger partial charge in [0.1, 0.15) is 6.04 Å². The van der Waals surface area contributed by atoms with Crippen LogP contribution in [0.3, 0.4) is 0 Å². The van der Waals surface area contributed by atoms with E-state index in [1.165, 1.54) is 0 Å². The summed E-state index contributed by atoms with van der Waals surface area (Å²) in [5.41, 5.74) is 0.899. The van der Waals surface area contributed by atoms with E-state index < -0.39 is 0 Å². The van der Waals surface area contributed by atoms with Gasteiger partial charge >= 0.3 is 0 Å². The highest BCUT2D eigenvalue weighted by Crippen LogP contribution is 2.16. The van der Waals surface area contributed by atoms with E-state index in [0.29, 0.717) is 5.92 Å². The van der Waals surface area contributed by atoms with Crippen molar-refractivity contribution in [2.75, 3.05) is 33.7 Å². The Morgan fingerprint density at radius 2 is 2.00 bits per heavy atom. The molecule has 1 fully saturated rings. The third kappa shape index (κ3) is 5.76. The maximum absolute atomic E-state index is 12.3. The van der Waals surface area contributed by atoms with Crippen LogP contribution in [0.2, 0.25) is 0 Å². The summed E-state index contributed by atoms with van der Waals surface area (Å²) < 4.78 is 1.71. The van der Waals surface area contributed by atoms with Gasteiger partial charge in [-0.1, -0.05) is 0 Å². The van der Waals surface area contributed by atoms with Crippen molar-refractivity contribution in [3.05, 3.63) is 18.0 Å². The normalized spacial score (nSPS) is 17.2. The summed E-state index contributed by atoms with van der Waals surface area (Å²) in [5, 5.41) is 10.2. The van der Waals surface area contributed by atoms with Crippen molar-refractivity contribution in [2.45, 2.75) is 18.9 Å². The van der Waals surface area contributed by atoms with Gasteiger partial charge in [-0.2, -0.15) is 5.10 Å². The van der Waals surface area contributed by atoms with Gasteiger partial charge in [-0.15, -0.1) is 24.8 Å². The number of aryl methyl sites for hydroxylation is 1. The molecule has 22 heavy (non-hydrogen) atoms. The zero-order valence-corrected chi connectivity index (χ0v) is 15.0. The Hall–Kier alpha value is -0.820. The Balaban J connectivity index is 0.00000220. The summed E-state index contributed by atoms with van der Waals surface area (Å²) in [7, 11) is 5.80. The summed E-state index contributed by atoms with van der Waals surface area (Å²) in [6.45, 7) is 3.02. The molecule has 1 atom stereocenters. The number of likely N-dealkylation sites (N-methyl/N-ethyl adjacent to an activating group) is 1. The lowest BCUT2D eigenvalue weighted by Gasteiger charge is -2.29. The van der Waals surface area contributed by atoms with E-state index in [1.807, 2.05) is 13.2 Å². The van der Waals surface area contributed by atoms with Crippen LogP contribution in [0.25, 0.3) is 0 Å². The fourth-order valence-corrected chi connectivity index (χ4v) is 2.65. The Morgan fingerprint density at radius 3 is 2.50 bits per heavy atom. The molecule has 0 saturated carbocycles. The first-order valence-electron chi connectivity index (χ1n) is 7.22. The molecule has 6 nitrogen and oxygen atoms in total. The molecule has 2 heterocycles. The predicted molar refractivity (Wildman–Crippen MR) is 92.7 cm³/mol. The van der Waals surface area contributed by atoms with Crippen molar-refractivity contribution in [2.24, 2.45) is 13.0 Å².